The lowest BCUT2D eigenvalue weighted by Crippen LogP contribution is -2.22. The summed E-state index contributed by atoms with van der Waals surface area (Å²) in [4.78, 5) is 40.7. The number of carbonyl (C=O) groups is 3. The molecule has 4 rings (SSSR count). The van der Waals surface area contributed by atoms with Crippen LogP contribution in [0.2, 0.25) is 0 Å². The Labute approximate surface area is 179 Å². The van der Waals surface area contributed by atoms with Crippen molar-refractivity contribution in [3.05, 3.63) is 132 Å². The number of hydrogen-bond donors (Lipinski definition) is 0. The summed E-state index contributed by atoms with van der Waals surface area (Å²) in [7, 11) is 0. The summed E-state index contributed by atoms with van der Waals surface area (Å²) in [5, 5.41) is 4.17. The molecule has 31 heavy (non-hydrogen) atoms. The van der Waals surface area contributed by atoms with Crippen LogP contribution in [0.3, 0.4) is 0 Å². The molecule has 0 unspecified atom stereocenters. The molecule has 0 saturated carbocycles. The van der Waals surface area contributed by atoms with Crippen LogP contribution in [0, 0.1) is 0 Å². The molecule has 0 aliphatic carbocycles. The summed E-state index contributed by atoms with van der Waals surface area (Å²) >= 11 is 0. The van der Waals surface area contributed by atoms with Crippen molar-refractivity contribution in [1.82, 2.24) is 9.78 Å². The average molecular weight is 406 g/mol. The first-order valence-corrected chi connectivity index (χ1v) is 9.70. The molecule has 0 spiro atoms. The highest BCUT2D eigenvalue weighted by Crippen LogP contribution is 2.24. The molecular weight excluding hydrogens is 388 g/mol. The molecule has 150 valence electrons. The monoisotopic (exact) mass is 406 g/mol. The normalized spacial score (nSPS) is 10.3. The van der Waals surface area contributed by atoms with Crippen molar-refractivity contribution >= 4 is 23.0 Å². The van der Waals surface area contributed by atoms with Gasteiger partial charge in [0.25, 0.3) is 0 Å². The molecule has 0 radical (unpaired) electrons. The molecule has 1 aromatic heterocycles. The van der Waals surface area contributed by atoms with Crippen LogP contribution < -0.4 is 0 Å². The molecule has 0 atom stereocenters. The summed E-state index contributed by atoms with van der Waals surface area (Å²) in [5.41, 5.74) is 0.667. The van der Waals surface area contributed by atoms with Gasteiger partial charge in [-0.25, -0.2) is 4.68 Å². The van der Waals surface area contributed by atoms with Gasteiger partial charge in [0.15, 0.2) is 11.6 Å². The van der Waals surface area contributed by atoms with E-state index in [1.807, 2.05) is 0 Å². The van der Waals surface area contributed by atoms with E-state index in [0.717, 1.165) is 0 Å². The SMILES string of the molecule is O=C(C(C(=O)c1ccccc1)=C(C(=O)c1ccccc1)n1cccn1)c1ccccc1. The molecule has 0 fully saturated rings. The number of aromatic nitrogens is 2. The van der Waals surface area contributed by atoms with Crippen LogP contribution in [-0.2, 0) is 0 Å². The van der Waals surface area contributed by atoms with Gasteiger partial charge in [0, 0.05) is 29.1 Å². The van der Waals surface area contributed by atoms with E-state index >= 15 is 0 Å². The summed E-state index contributed by atoms with van der Waals surface area (Å²) in [6.07, 6.45) is 3.04. The third-order valence-electron chi connectivity index (χ3n) is 4.75. The zero-order valence-electron chi connectivity index (χ0n) is 16.5. The number of ketones is 3. The molecule has 0 bridgehead atoms. The Morgan fingerprint density at radius 2 is 0.968 bits per heavy atom. The van der Waals surface area contributed by atoms with E-state index in [1.54, 1.807) is 103 Å². The van der Waals surface area contributed by atoms with Crippen molar-refractivity contribution < 1.29 is 14.4 Å². The lowest BCUT2D eigenvalue weighted by Gasteiger charge is -2.14. The largest absolute Gasteiger partial charge is 0.288 e. The van der Waals surface area contributed by atoms with Crippen molar-refractivity contribution in [2.24, 2.45) is 0 Å². The van der Waals surface area contributed by atoms with Gasteiger partial charge in [0.1, 0.15) is 11.3 Å². The Morgan fingerprint density at radius 3 is 1.35 bits per heavy atom. The quantitative estimate of drug-likeness (QED) is 0.192. The lowest BCUT2D eigenvalue weighted by molar-refractivity contribution is 0.0950. The highest BCUT2D eigenvalue weighted by Gasteiger charge is 2.30. The van der Waals surface area contributed by atoms with Gasteiger partial charge in [0.2, 0.25) is 5.78 Å². The van der Waals surface area contributed by atoms with E-state index in [9.17, 15) is 14.4 Å². The van der Waals surface area contributed by atoms with Crippen LogP contribution in [0.4, 0.5) is 0 Å². The fourth-order valence-electron chi connectivity index (χ4n) is 3.25. The summed E-state index contributed by atoms with van der Waals surface area (Å²) in [6, 6.07) is 27.1. The van der Waals surface area contributed by atoms with Crippen molar-refractivity contribution in [2.45, 2.75) is 0 Å². The zero-order valence-corrected chi connectivity index (χ0v) is 16.5. The maximum Gasteiger partial charge on any atom is 0.212 e. The molecule has 5 nitrogen and oxygen atoms in total. The molecule has 1 heterocycles. The van der Waals surface area contributed by atoms with E-state index in [2.05, 4.69) is 5.10 Å². The Bertz CT molecular complexity index is 1190. The predicted octanol–water partition coefficient (Wildman–Crippen LogP) is 4.74. The van der Waals surface area contributed by atoms with E-state index in [0.29, 0.717) is 16.7 Å². The van der Waals surface area contributed by atoms with Crippen molar-refractivity contribution in [2.75, 3.05) is 0 Å². The number of hydrogen-bond acceptors (Lipinski definition) is 4. The smallest absolute Gasteiger partial charge is 0.212 e. The van der Waals surface area contributed by atoms with E-state index < -0.39 is 17.3 Å². The third kappa shape index (κ3) is 4.16. The molecule has 0 N–H and O–H groups in total. The highest BCUT2D eigenvalue weighted by molar-refractivity contribution is 6.41. The maximum atomic E-state index is 13.6. The van der Waals surface area contributed by atoms with Gasteiger partial charge in [-0.3, -0.25) is 14.4 Å². The molecular formula is C26H18N2O3. The second-order valence-corrected chi connectivity index (χ2v) is 6.76. The number of nitrogens with zero attached hydrogens (tertiary/aromatic N) is 2. The molecule has 0 aliphatic rings. The molecule has 4 aromatic rings. The molecule has 5 heteroatoms. The number of allylic oxidation sites excluding steroid dienone is 2. The Balaban J connectivity index is 2.00. The minimum atomic E-state index is -0.538. The zero-order chi connectivity index (χ0) is 21.6. The van der Waals surface area contributed by atoms with Gasteiger partial charge in [-0.15, -0.1) is 0 Å². The number of Topliss-reactive ketones (excluding diaryl/α,β-unsaturated/α-hetero) is 3. The first kappa shape index (κ1) is 19.9. The minimum Gasteiger partial charge on any atom is -0.288 e. The first-order valence-electron chi connectivity index (χ1n) is 9.70. The topological polar surface area (TPSA) is 69.0 Å². The predicted molar refractivity (Wildman–Crippen MR) is 118 cm³/mol. The lowest BCUT2D eigenvalue weighted by atomic mass is 9.91. The molecule has 3 aromatic carbocycles. The van der Waals surface area contributed by atoms with Gasteiger partial charge in [-0.05, 0) is 6.07 Å². The molecule has 0 aliphatic heterocycles. The van der Waals surface area contributed by atoms with E-state index in [-0.39, 0.29) is 11.3 Å². The van der Waals surface area contributed by atoms with Gasteiger partial charge < -0.3 is 0 Å². The molecule has 0 amide bonds. The average Bonchev–Trinajstić information content (AvgIpc) is 3.37. The van der Waals surface area contributed by atoms with Crippen molar-refractivity contribution in [1.29, 1.82) is 0 Å². The second-order valence-electron chi connectivity index (χ2n) is 6.76. The Kier molecular flexibility index (Phi) is 5.76. The standard InChI is InChI=1S/C26H18N2O3/c29-24(19-11-4-1-5-12-19)22(25(30)20-13-6-2-7-14-20)23(28-18-10-17-27-28)26(31)21-15-8-3-9-16-21/h1-18H. The van der Waals surface area contributed by atoms with Crippen LogP contribution in [0.25, 0.3) is 5.70 Å². The maximum absolute atomic E-state index is 13.6. The van der Waals surface area contributed by atoms with Gasteiger partial charge in [-0.1, -0.05) is 91.0 Å². The summed E-state index contributed by atoms with van der Waals surface area (Å²) in [6.45, 7) is 0. The minimum absolute atomic E-state index is 0.0843. The van der Waals surface area contributed by atoms with Gasteiger partial charge >= 0.3 is 0 Å². The van der Waals surface area contributed by atoms with Crippen LogP contribution in [0.5, 0.6) is 0 Å². The summed E-state index contributed by atoms with van der Waals surface area (Å²) in [5.74, 6) is -1.54. The fraction of sp³-hybridized carbons (Fsp3) is 0. The van der Waals surface area contributed by atoms with E-state index in [4.69, 9.17) is 0 Å². The van der Waals surface area contributed by atoms with Crippen molar-refractivity contribution in [3.8, 4) is 0 Å². The van der Waals surface area contributed by atoms with Crippen LogP contribution in [0.15, 0.2) is 115 Å². The van der Waals surface area contributed by atoms with Gasteiger partial charge in [0.05, 0.1) is 0 Å². The first-order chi connectivity index (χ1) is 15.2. The fourth-order valence-corrected chi connectivity index (χ4v) is 3.25. The van der Waals surface area contributed by atoms with Gasteiger partial charge in [-0.2, -0.15) is 5.10 Å². The Morgan fingerprint density at radius 1 is 0.548 bits per heavy atom. The Hall–Kier alpha value is -4.38. The van der Waals surface area contributed by atoms with Crippen LogP contribution in [-0.4, -0.2) is 27.1 Å². The number of rotatable bonds is 7. The summed E-state index contributed by atoms with van der Waals surface area (Å²) < 4.78 is 1.28. The molecule has 0 saturated heterocycles. The van der Waals surface area contributed by atoms with Crippen LogP contribution in [0.1, 0.15) is 31.1 Å². The van der Waals surface area contributed by atoms with Crippen molar-refractivity contribution in [3.63, 3.8) is 0 Å². The number of benzene rings is 3. The van der Waals surface area contributed by atoms with E-state index in [1.165, 1.54) is 10.9 Å². The second kappa shape index (κ2) is 8.97. The van der Waals surface area contributed by atoms with Crippen LogP contribution >= 0.6 is 0 Å². The highest BCUT2D eigenvalue weighted by atomic mass is 16.2. The third-order valence-corrected chi connectivity index (χ3v) is 4.75. The number of carbonyl (C=O) groups excluding carboxylic acids is 3.